The molecule has 0 aromatic heterocycles. The number of hydrogen-bond donors (Lipinski definition) is 1. The first-order valence-corrected chi connectivity index (χ1v) is 9.92. The maximum atomic E-state index is 3.22. The van der Waals surface area contributed by atoms with Crippen molar-refractivity contribution in [1.82, 2.24) is 5.32 Å². The largest absolute Gasteiger partial charge is 0.316 e. The molecule has 0 heterocycles. The Hall–Kier alpha value is -1.51. The molecule has 0 spiro atoms. The molecule has 0 amide bonds. The van der Waals surface area contributed by atoms with Gasteiger partial charge in [-0.05, 0) is 48.7 Å². The monoisotopic (exact) mass is 337 g/mol. The predicted octanol–water partition coefficient (Wildman–Crippen LogP) is 5.76. The van der Waals surface area contributed by atoms with Crippen LogP contribution in [0.25, 0.3) is 5.57 Å². The lowest BCUT2D eigenvalue weighted by Gasteiger charge is -2.21. The zero-order chi connectivity index (χ0) is 16.6. The van der Waals surface area contributed by atoms with Crippen molar-refractivity contribution in [2.45, 2.75) is 42.2 Å². The third-order valence-corrected chi connectivity index (χ3v) is 5.96. The Balaban J connectivity index is 1.76. The van der Waals surface area contributed by atoms with Gasteiger partial charge in [0.1, 0.15) is 0 Å². The van der Waals surface area contributed by atoms with E-state index in [1.165, 1.54) is 53.7 Å². The van der Waals surface area contributed by atoms with Gasteiger partial charge in [0.2, 0.25) is 0 Å². The fourth-order valence-corrected chi connectivity index (χ4v) is 4.56. The minimum Gasteiger partial charge on any atom is -0.316 e. The summed E-state index contributed by atoms with van der Waals surface area (Å²) >= 11 is 2.07. The summed E-state index contributed by atoms with van der Waals surface area (Å²) in [6, 6.07) is 19.8. The number of rotatable bonds is 6. The molecule has 0 saturated heterocycles. The molecule has 0 unspecified atom stereocenters. The number of likely N-dealkylation sites (N-methyl/N-ethyl adjacent to an activating group) is 1. The van der Waals surface area contributed by atoms with Crippen molar-refractivity contribution in [2.75, 3.05) is 13.6 Å². The molecule has 0 aliphatic heterocycles. The lowest BCUT2D eigenvalue weighted by molar-refractivity contribution is 0.516. The van der Waals surface area contributed by atoms with E-state index in [4.69, 9.17) is 0 Å². The molecular weight excluding hydrogens is 310 g/mol. The Bertz CT molecular complexity index is 639. The van der Waals surface area contributed by atoms with E-state index in [2.05, 4.69) is 77.8 Å². The average Bonchev–Trinajstić information content (AvgIpc) is 2.65. The van der Waals surface area contributed by atoms with Crippen molar-refractivity contribution >= 4 is 17.3 Å². The summed E-state index contributed by atoms with van der Waals surface area (Å²) in [5, 5.41) is 4.04. The van der Waals surface area contributed by atoms with Gasteiger partial charge in [-0.1, -0.05) is 67.8 Å². The SMILES string of the molecule is CNCC=C(c1ccccc1)c1ccc(SC2CCCCC2)cc1. The van der Waals surface area contributed by atoms with Crippen molar-refractivity contribution in [3.05, 3.63) is 71.8 Å². The van der Waals surface area contributed by atoms with E-state index in [0.29, 0.717) is 0 Å². The van der Waals surface area contributed by atoms with Gasteiger partial charge >= 0.3 is 0 Å². The van der Waals surface area contributed by atoms with Crippen molar-refractivity contribution in [3.63, 3.8) is 0 Å². The third kappa shape index (κ3) is 4.75. The molecule has 0 atom stereocenters. The van der Waals surface area contributed by atoms with Gasteiger partial charge in [-0.3, -0.25) is 0 Å². The molecule has 1 aliphatic rings. The van der Waals surface area contributed by atoms with Crippen molar-refractivity contribution in [3.8, 4) is 0 Å². The van der Waals surface area contributed by atoms with Gasteiger partial charge in [-0.15, -0.1) is 11.8 Å². The van der Waals surface area contributed by atoms with Gasteiger partial charge in [0.05, 0.1) is 0 Å². The molecule has 2 aromatic rings. The van der Waals surface area contributed by atoms with Crippen LogP contribution in [-0.4, -0.2) is 18.8 Å². The Morgan fingerprint density at radius 3 is 2.29 bits per heavy atom. The highest BCUT2D eigenvalue weighted by Gasteiger charge is 2.14. The highest BCUT2D eigenvalue weighted by atomic mass is 32.2. The summed E-state index contributed by atoms with van der Waals surface area (Å²) in [6.07, 6.45) is 9.26. The van der Waals surface area contributed by atoms with E-state index in [0.717, 1.165) is 11.8 Å². The Labute approximate surface area is 150 Å². The molecule has 24 heavy (non-hydrogen) atoms. The highest BCUT2D eigenvalue weighted by Crippen LogP contribution is 2.34. The van der Waals surface area contributed by atoms with Gasteiger partial charge < -0.3 is 5.32 Å². The molecule has 2 heteroatoms. The van der Waals surface area contributed by atoms with Crippen LogP contribution >= 0.6 is 11.8 Å². The van der Waals surface area contributed by atoms with Crippen LogP contribution in [0.15, 0.2) is 65.6 Å². The van der Waals surface area contributed by atoms with Crippen LogP contribution in [0.4, 0.5) is 0 Å². The fraction of sp³-hybridized carbons (Fsp3) is 0.364. The fourth-order valence-electron chi connectivity index (χ4n) is 3.31. The van der Waals surface area contributed by atoms with E-state index >= 15 is 0 Å². The minimum atomic E-state index is 0.818. The first kappa shape index (κ1) is 17.3. The van der Waals surface area contributed by atoms with E-state index in [-0.39, 0.29) is 0 Å². The molecule has 1 nitrogen and oxygen atoms in total. The summed E-state index contributed by atoms with van der Waals surface area (Å²) in [5.41, 5.74) is 3.88. The summed E-state index contributed by atoms with van der Waals surface area (Å²) in [6.45, 7) is 0.878. The molecule has 3 rings (SSSR count). The van der Waals surface area contributed by atoms with Crippen LogP contribution in [0.1, 0.15) is 43.2 Å². The summed E-state index contributed by atoms with van der Waals surface area (Å²) in [7, 11) is 1.99. The predicted molar refractivity (Wildman–Crippen MR) is 107 cm³/mol. The maximum Gasteiger partial charge on any atom is 0.0141 e. The zero-order valence-electron chi connectivity index (χ0n) is 14.5. The van der Waals surface area contributed by atoms with Gasteiger partial charge in [0.15, 0.2) is 0 Å². The highest BCUT2D eigenvalue weighted by molar-refractivity contribution is 8.00. The third-order valence-electron chi connectivity index (χ3n) is 4.62. The number of benzene rings is 2. The lowest BCUT2D eigenvalue weighted by atomic mass is 9.97. The van der Waals surface area contributed by atoms with E-state index in [1.54, 1.807) is 0 Å². The first-order valence-electron chi connectivity index (χ1n) is 9.04. The number of thioether (sulfide) groups is 1. The zero-order valence-corrected chi connectivity index (χ0v) is 15.3. The Kier molecular flexibility index (Phi) is 6.57. The lowest BCUT2D eigenvalue weighted by Crippen LogP contribution is -2.07. The summed E-state index contributed by atoms with van der Waals surface area (Å²) < 4.78 is 0. The normalized spacial score (nSPS) is 16.3. The van der Waals surface area contributed by atoms with E-state index in [1.807, 2.05) is 7.05 Å². The molecule has 1 N–H and O–H groups in total. The minimum absolute atomic E-state index is 0.818. The van der Waals surface area contributed by atoms with Crippen molar-refractivity contribution in [1.29, 1.82) is 0 Å². The van der Waals surface area contributed by atoms with E-state index < -0.39 is 0 Å². The molecule has 2 aromatic carbocycles. The van der Waals surface area contributed by atoms with Crippen LogP contribution in [0.2, 0.25) is 0 Å². The number of hydrogen-bond acceptors (Lipinski definition) is 2. The molecule has 1 fully saturated rings. The van der Waals surface area contributed by atoms with Crippen molar-refractivity contribution < 1.29 is 0 Å². The van der Waals surface area contributed by atoms with Gasteiger partial charge in [0, 0.05) is 16.7 Å². The second kappa shape index (κ2) is 9.10. The van der Waals surface area contributed by atoms with Gasteiger partial charge in [0.25, 0.3) is 0 Å². The van der Waals surface area contributed by atoms with Gasteiger partial charge in [-0.2, -0.15) is 0 Å². The van der Waals surface area contributed by atoms with Crippen LogP contribution in [0.5, 0.6) is 0 Å². The maximum absolute atomic E-state index is 3.22. The van der Waals surface area contributed by atoms with Crippen molar-refractivity contribution in [2.24, 2.45) is 0 Å². The second-order valence-electron chi connectivity index (χ2n) is 6.44. The topological polar surface area (TPSA) is 12.0 Å². The summed E-state index contributed by atoms with van der Waals surface area (Å²) in [5.74, 6) is 0. The van der Waals surface area contributed by atoms with Crippen LogP contribution in [0, 0.1) is 0 Å². The van der Waals surface area contributed by atoms with E-state index in [9.17, 15) is 0 Å². The number of nitrogens with one attached hydrogen (secondary N) is 1. The molecule has 1 saturated carbocycles. The molecule has 1 aliphatic carbocycles. The second-order valence-corrected chi connectivity index (χ2v) is 7.82. The van der Waals surface area contributed by atoms with Crippen LogP contribution in [0.3, 0.4) is 0 Å². The first-order chi connectivity index (χ1) is 11.9. The van der Waals surface area contributed by atoms with Gasteiger partial charge in [-0.25, -0.2) is 0 Å². The quantitative estimate of drug-likeness (QED) is 0.719. The Morgan fingerprint density at radius 2 is 1.62 bits per heavy atom. The standard InChI is InChI=1S/C22H27NS/c1-23-17-16-22(18-8-4-2-5-9-18)19-12-14-21(15-13-19)24-20-10-6-3-7-11-20/h2,4-5,8-9,12-16,20,23H,3,6-7,10-11,17H2,1H3. The molecular formula is C22H27NS. The Morgan fingerprint density at radius 1 is 0.958 bits per heavy atom. The smallest absolute Gasteiger partial charge is 0.0141 e. The molecule has 0 radical (unpaired) electrons. The molecule has 0 bridgehead atoms. The summed E-state index contributed by atoms with van der Waals surface area (Å²) in [4.78, 5) is 1.41. The van der Waals surface area contributed by atoms with Crippen LogP contribution in [-0.2, 0) is 0 Å². The average molecular weight is 338 g/mol. The van der Waals surface area contributed by atoms with Crippen LogP contribution < -0.4 is 5.32 Å². The molecule has 126 valence electrons.